The summed E-state index contributed by atoms with van der Waals surface area (Å²) in [5, 5.41) is 4.36. The van der Waals surface area contributed by atoms with Crippen LogP contribution in [0.4, 0.5) is 5.69 Å². The second-order valence-electron chi connectivity index (χ2n) is 3.90. The Morgan fingerprint density at radius 3 is 2.88 bits per heavy atom. The first-order chi connectivity index (χ1) is 7.69. The van der Waals surface area contributed by atoms with E-state index in [4.69, 9.17) is 4.74 Å². The van der Waals surface area contributed by atoms with Gasteiger partial charge in [-0.3, -0.25) is 4.99 Å². The molecule has 0 fully saturated rings. The minimum absolute atomic E-state index is 0.422. The summed E-state index contributed by atoms with van der Waals surface area (Å²) in [6, 6.07) is 6.43. The Kier molecular flexibility index (Phi) is 3.39. The number of benzene rings is 1. The molecule has 0 aromatic heterocycles. The van der Waals surface area contributed by atoms with Crippen LogP contribution in [0.1, 0.15) is 12.5 Å². The van der Waals surface area contributed by atoms with Gasteiger partial charge in [-0.05, 0) is 37.6 Å². The standard InChI is InChI=1S/C12H16N2OS/c1-8-6-10(15-3)4-5-11(8)14-12-13-9(2)7-16-12/h4-6,9H,7H2,1-3H3,(H,13,14). The van der Waals surface area contributed by atoms with Crippen LogP contribution in [0.3, 0.4) is 0 Å². The highest BCUT2D eigenvalue weighted by atomic mass is 32.2. The Morgan fingerprint density at radius 2 is 2.31 bits per heavy atom. The number of nitrogens with zero attached hydrogens (tertiary/aromatic N) is 1. The van der Waals surface area contributed by atoms with Crippen LogP contribution in [0.2, 0.25) is 0 Å². The summed E-state index contributed by atoms with van der Waals surface area (Å²) < 4.78 is 5.17. The topological polar surface area (TPSA) is 33.6 Å². The number of hydrogen-bond acceptors (Lipinski definition) is 4. The first kappa shape index (κ1) is 11.3. The van der Waals surface area contributed by atoms with Gasteiger partial charge in [0.25, 0.3) is 0 Å². The molecule has 1 atom stereocenters. The maximum absolute atomic E-state index is 5.17. The lowest BCUT2D eigenvalue weighted by atomic mass is 10.2. The van der Waals surface area contributed by atoms with Crippen molar-refractivity contribution in [2.75, 3.05) is 18.2 Å². The fourth-order valence-electron chi connectivity index (χ4n) is 1.56. The van der Waals surface area contributed by atoms with E-state index in [1.807, 2.05) is 18.2 Å². The molecule has 86 valence electrons. The molecule has 2 rings (SSSR count). The second-order valence-corrected chi connectivity index (χ2v) is 4.91. The van der Waals surface area contributed by atoms with E-state index in [9.17, 15) is 0 Å². The molecule has 1 aliphatic rings. The number of hydrogen-bond donors (Lipinski definition) is 1. The number of aliphatic imine (C=N–C) groups is 1. The zero-order chi connectivity index (χ0) is 11.5. The zero-order valence-electron chi connectivity index (χ0n) is 9.78. The Morgan fingerprint density at radius 1 is 1.50 bits per heavy atom. The predicted molar refractivity (Wildman–Crippen MR) is 70.7 cm³/mol. The lowest BCUT2D eigenvalue weighted by molar-refractivity contribution is 0.414. The highest BCUT2D eigenvalue weighted by molar-refractivity contribution is 8.14. The van der Waals surface area contributed by atoms with Gasteiger partial charge in [0, 0.05) is 11.4 Å². The SMILES string of the molecule is COc1ccc(NC2=NC(C)CS2)c(C)c1. The number of thioether (sulfide) groups is 1. The zero-order valence-corrected chi connectivity index (χ0v) is 10.6. The van der Waals surface area contributed by atoms with Crippen LogP contribution in [0.5, 0.6) is 5.75 Å². The number of methoxy groups -OCH3 is 1. The minimum atomic E-state index is 0.422. The van der Waals surface area contributed by atoms with E-state index in [0.717, 1.165) is 22.4 Å². The summed E-state index contributed by atoms with van der Waals surface area (Å²) in [6.45, 7) is 4.19. The fourth-order valence-corrected chi connectivity index (χ4v) is 2.47. The first-order valence-corrected chi connectivity index (χ1v) is 6.30. The van der Waals surface area contributed by atoms with Crippen LogP contribution in [0, 0.1) is 6.92 Å². The summed E-state index contributed by atoms with van der Waals surface area (Å²) >= 11 is 1.77. The van der Waals surface area contributed by atoms with Crippen LogP contribution in [0.25, 0.3) is 0 Å². The Balaban J connectivity index is 2.13. The molecular weight excluding hydrogens is 220 g/mol. The predicted octanol–water partition coefficient (Wildman–Crippen LogP) is 2.91. The molecule has 4 heteroatoms. The van der Waals surface area contributed by atoms with Crippen LogP contribution >= 0.6 is 11.8 Å². The van der Waals surface area contributed by atoms with E-state index in [2.05, 4.69) is 24.2 Å². The van der Waals surface area contributed by atoms with Gasteiger partial charge in [-0.1, -0.05) is 11.8 Å². The largest absolute Gasteiger partial charge is 0.497 e. The molecule has 0 amide bonds. The molecule has 1 unspecified atom stereocenters. The van der Waals surface area contributed by atoms with Crippen LogP contribution in [-0.2, 0) is 0 Å². The monoisotopic (exact) mass is 236 g/mol. The fraction of sp³-hybridized carbons (Fsp3) is 0.417. The van der Waals surface area contributed by atoms with Crippen molar-refractivity contribution >= 4 is 22.6 Å². The smallest absolute Gasteiger partial charge is 0.161 e. The van der Waals surface area contributed by atoms with E-state index in [0.29, 0.717) is 6.04 Å². The van der Waals surface area contributed by atoms with Crippen molar-refractivity contribution in [2.45, 2.75) is 19.9 Å². The molecule has 0 saturated heterocycles. The third kappa shape index (κ3) is 2.50. The van der Waals surface area contributed by atoms with Gasteiger partial charge in [-0.15, -0.1) is 0 Å². The summed E-state index contributed by atoms with van der Waals surface area (Å²) in [5.74, 6) is 1.95. The van der Waals surface area contributed by atoms with Gasteiger partial charge in [-0.2, -0.15) is 0 Å². The summed E-state index contributed by atoms with van der Waals surface area (Å²) in [7, 11) is 1.68. The van der Waals surface area contributed by atoms with E-state index < -0.39 is 0 Å². The number of anilines is 1. The van der Waals surface area contributed by atoms with Gasteiger partial charge in [0.2, 0.25) is 0 Å². The molecule has 1 aromatic rings. The molecule has 0 spiro atoms. The summed E-state index contributed by atoms with van der Waals surface area (Å²) in [6.07, 6.45) is 0. The van der Waals surface area contributed by atoms with Gasteiger partial charge in [0.15, 0.2) is 5.17 Å². The molecule has 0 aliphatic carbocycles. The lowest BCUT2D eigenvalue weighted by Gasteiger charge is -2.09. The first-order valence-electron chi connectivity index (χ1n) is 5.31. The maximum atomic E-state index is 5.17. The van der Waals surface area contributed by atoms with E-state index in [-0.39, 0.29) is 0 Å². The number of ether oxygens (including phenoxy) is 1. The van der Waals surface area contributed by atoms with E-state index in [1.54, 1.807) is 18.9 Å². The van der Waals surface area contributed by atoms with Gasteiger partial charge in [0.05, 0.1) is 13.2 Å². The van der Waals surface area contributed by atoms with Crippen LogP contribution in [-0.4, -0.2) is 24.1 Å². The van der Waals surface area contributed by atoms with Crippen molar-refractivity contribution in [1.82, 2.24) is 0 Å². The van der Waals surface area contributed by atoms with Crippen LogP contribution < -0.4 is 10.1 Å². The number of rotatable bonds is 2. The van der Waals surface area contributed by atoms with Crippen molar-refractivity contribution in [1.29, 1.82) is 0 Å². The molecule has 1 N–H and O–H groups in total. The van der Waals surface area contributed by atoms with Crippen molar-refractivity contribution in [2.24, 2.45) is 4.99 Å². The molecule has 3 nitrogen and oxygen atoms in total. The number of nitrogens with one attached hydrogen (secondary N) is 1. The van der Waals surface area contributed by atoms with E-state index in [1.165, 1.54) is 5.56 Å². The van der Waals surface area contributed by atoms with Gasteiger partial charge in [0.1, 0.15) is 5.75 Å². The highest BCUT2D eigenvalue weighted by Gasteiger charge is 2.14. The number of aryl methyl sites for hydroxylation is 1. The normalized spacial score (nSPS) is 19.4. The lowest BCUT2D eigenvalue weighted by Crippen LogP contribution is -2.06. The van der Waals surface area contributed by atoms with Crippen molar-refractivity contribution in [3.8, 4) is 5.75 Å². The minimum Gasteiger partial charge on any atom is -0.497 e. The van der Waals surface area contributed by atoms with E-state index >= 15 is 0 Å². The molecule has 0 radical (unpaired) electrons. The van der Waals surface area contributed by atoms with Gasteiger partial charge < -0.3 is 10.1 Å². The highest BCUT2D eigenvalue weighted by Crippen LogP contribution is 2.24. The van der Waals surface area contributed by atoms with Crippen LogP contribution in [0.15, 0.2) is 23.2 Å². The Labute approximate surface area is 100 Å². The third-order valence-corrected chi connectivity index (χ3v) is 3.60. The molecular formula is C12H16N2OS. The molecule has 0 saturated carbocycles. The third-order valence-electron chi connectivity index (χ3n) is 2.47. The Bertz CT molecular complexity index is 417. The molecule has 1 aliphatic heterocycles. The van der Waals surface area contributed by atoms with Gasteiger partial charge in [-0.25, -0.2) is 0 Å². The molecule has 1 aromatic carbocycles. The average Bonchev–Trinajstić information content (AvgIpc) is 2.67. The van der Waals surface area contributed by atoms with Crippen molar-refractivity contribution < 1.29 is 4.74 Å². The van der Waals surface area contributed by atoms with Gasteiger partial charge >= 0.3 is 0 Å². The molecule has 1 heterocycles. The Hall–Kier alpha value is -1.16. The summed E-state index contributed by atoms with van der Waals surface area (Å²) in [5.41, 5.74) is 2.27. The average molecular weight is 236 g/mol. The number of amidine groups is 1. The second kappa shape index (κ2) is 4.78. The van der Waals surface area contributed by atoms with Crippen molar-refractivity contribution in [3.05, 3.63) is 23.8 Å². The summed E-state index contributed by atoms with van der Waals surface area (Å²) in [4.78, 5) is 4.50. The maximum Gasteiger partial charge on any atom is 0.161 e. The molecule has 0 bridgehead atoms. The quantitative estimate of drug-likeness (QED) is 0.857. The van der Waals surface area contributed by atoms with Crippen molar-refractivity contribution in [3.63, 3.8) is 0 Å². The molecule has 16 heavy (non-hydrogen) atoms.